The Bertz CT molecular complexity index is 1080. The summed E-state index contributed by atoms with van der Waals surface area (Å²) in [6.45, 7) is 0. The molecule has 0 radical (unpaired) electrons. The Hall–Kier alpha value is -3.54. The summed E-state index contributed by atoms with van der Waals surface area (Å²) in [5, 5.41) is 0. The Labute approximate surface area is 158 Å². The minimum absolute atomic E-state index is 0.0224. The molecule has 138 valence electrons. The summed E-state index contributed by atoms with van der Waals surface area (Å²) in [5.41, 5.74) is 1.29. The number of hydrogen-bond acceptors (Lipinski definition) is 2. The van der Waals surface area contributed by atoms with E-state index in [1.54, 1.807) is 36.4 Å². The number of hydrogen-bond donors (Lipinski definition) is 0. The van der Waals surface area contributed by atoms with Crippen molar-refractivity contribution in [1.29, 1.82) is 0 Å². The van der Waals surface area contributed by atoms with Crippen molar-refractivity contribution in [3.05, 3.63) is 96.1 Å². The predicted octanol–water partition coefficient (Wildman–Crippen LogP) is 6.03. The summed E-state index contributed by atoms with van der Waals surface area (Å²) in [4.78, 5) is 8.71. The number of benzene rings is 2. The van der Waals surface area contributed by atoms with Crippen LogP contribution in [0.2, 0.25) is 0 Å². The standard InChI is InChI=1S/C22H12F4N2/c23-13-7-9-17(25)15(11-13)19-3-1-5-21(27-19)22-6-2-4-20(28-22)16-12-14(24)8-10-18(16)26/h1-12H. The Balaban J connectivity index is 1.78. The van der Waals surface area contributed by atoms with Gasteiger partial charge in [-0.25, -0.2) is 27.5 Å². The number of halogens is 4. The first-order chi connectivity index (χ1) is 13.5. The van der Waals surface area contributed by atoms with Gasteiger partial charge in [0.1, 0.15) is 23.3 Å². The van der Waals surface area contributed by atoms with E-state index in [1.807, 2.05) is 0 Å². The lowest BCUT2D eigenvalue weighted by Gasteiger charge is -2.08. The van der Waals surface area contributed by atoms with Crippen LogP contribution in [0.3, 0.4) is 0 Å². The SMILES string of the molecule is Fc1ccc(F)c(-c2cccc(-c3cccc(-c4cc(F)ccc4F)n3)n2)c1. The number of rotatable bonds is 3. The molecule has 0 aliphatic rings. The number of pyridine rings is 2. The van der Waals surface area contributed by atoms with Gasteiger partial charge in [-0.15, -0.1) is 0 Å². The molecule has 4 aromatic rings. The third-order valence-electron chi connectivity index (χ3n) is 4.17. The fourth-order valence-corrected chi connectivity index (χ4v) is 2.84. The van der Waals surface area contributed by atoms with E-state index in [4.69, 9.17) is 0 Å². The van der Waals surface area contributed by atoms with Crippen molar-refractivity contribution in [2.24, 2.45) is 0 Å². The van der Waals surface area contributed by atoms with Gasteiger partial charge < -0.3 is 0 Å². The highest BCUT2D eigenvalue weighted by Crippen LogP contribution is 2.27. The molecule has 2 heterocycles. The minimum atomic E-state index is -0.602. The predicted molar refractivity (Wildman–Crippen MR) is 98.2 cm³/mol. The smallest absolute Gasteiger partial charge is 0.132 e. The van der Waals surface area contributed by atoms with Gasteiger partial charge in [0.15, 0.2) is 0 Å². The molecule has 0 spiro atoms. The van der Waals surface area contributed by atoms with E-state index < -0.39 is 23.3 Å². The molecule has 0 fully saturated rings. The average Bonchev–Trinajstić information content (AvgIpc) is 2.72. The third kappa shape index (κ3) is 3.49. The highest BCUT2D eigenvalue weighted by molar-refractivity contribution is 5.67. The molecule has 0 saturated carbocycles. The molecule has 4 rings (SSSR count). The van der Waals surface area contributed by atoms with Gasteiger partial charge in [-0.05, 0) is 60.7 Å². The van der Waals surface area contributed by atoms with Gasteiger partial charge in [0.25, 0.3) is 0 Å². The Morgan fingerprint density at radius 3 is 1.29 bits per heavy atom. The van der Waals surface area contributed by atoms with Crippen LogP contribution in [0.15, 0.2) is 72.8 Å². The van der Waals surface area contributed by atoms with Crippen LogP contribution in [0.5, 0.6) is 0 Å². The molecule has 28 heavy (non-hydrogen) atoms. The molecule has 2 aromatic heterocycles. The Kier molecular flexibility index (Phi) is 4.61. The first kappa shape index (κ1) is 17.9. The molecule has 0 N–H and O–H groups in total. The van der Waals surface area contributed by atoms with Crippen LogP contribution in [0.1, 0.15) is 0 Å². The highest BCUT2D eigenvalue weighted by Gasteiger charge is 2.12. The van der Waals surface area contributed by atoms with E-state index in [-0.39, 0.29) is 22.5 Å². The molecule has 0 saturated heterocycles. The van der Waals surface area contributed by atoms with Gasteiger partial charge in [0.2, 0.25) is 0 Å². The molecule has 2 aromatic carbocycles. The lowest BCUT2D eigenvalue weighted by molar-refractivity contribution is 0.602. The minimum Gasteiger partial charge on any atom is -0.246 e. The normalized spacial score (nSPS) is 10.9. The summed E-state index contributed by atoms with van der Waals surface area (Å²) >= 11 is 0. The summed E-state index contributed by atoms with van der Waals surface area (Å²) < 4.78 is 55.1. The van der Waals surface area contributed by atoms with Gasteiger partial charge in [-0.2, -0.15) is 0 Å². The van der Waals surface area contributed by atoms with Crippen molar-refractivity contribution < 1.29 is 17.6 Å². The fraction of sp³-hybridized carbons (Fsp3) is 0. The second-order valence-electron chi connectivity index (χ2n) is 6.06. The average molecular weight is 380 g/mol. The first-order valence-corrected chi connectivity index (χ1v) is 8.36. The highest BCUT2D eigenvalue weighted by atomic mass is 19.1. The second kappa shape index (κ2) is 7.23. The van der Waals surface area contributed by atoms with Crippen molar-refractivity contribution in [1.82, 2.24) is 9.97 Å². The van der Waals surface area contributed by atoms with Crippen LogP contribution in [0.4, 0.5) is 17.6 Å². The number of nitrogens with zero attached hydrogens (tertiary/aromatic N) is 2. The lowest BCUT2D eigenvalue weighted by Crippen LogP contribution is -1.95. The van der Waals surface area contributed by atoms with Crippen molar-refractivity contribution in [2.75, 3.05) is 0 Å². The quantitative estimate of drug-likeness (QED) is 0.405. The molecule has 6 heteroatoms. The summed E-state index contributed by atoms with van der Waals surface area (Å²) in [7, 11) is 0. The van der Waals surface area contributed by atoms with Gasteiger partial charge in [-0.3, -0.25) is 0 Å². The molecule has 0 aliphatic heterocycles. The Morgan fingerprint density at radius 1 is 0.464 bits per heavy atom. The van der Waals surface area contributed by atoms with E-state index in [9.17, 15) is 17.6 Å². The zero-order chi connectivity index (χ0) is 19.7. The zero-order valence-electron chi connectivity index (χ0n) is 14.3. The van der Waals surface area contributed by atoms with E-state index in [0.717, 1.165) is 36.4 Å². The topological polar surface area (TPSA) is 25.8 Å². The molecule has 0 atom stereocenters. The molecular formula is C22H12F4N2. The summed E-state index contributed by atoms with van der Waals surface area (Å²) in [6.07, 6.45) is 0. The van der Waals surface area contributed by atoms with E-state index >= 15 is 0 Å². The first-order valence-electron chi connectivity index (χ1n) is 8.36. The van der Waals surface area contributed by atoms with Gasteiger partial charge in [0.05, 0.1) is 22.8 Å². The van der Waals surface area contributed by atoms with Gasteiger partial charge in [0, 0.05) is 11.1 Å². The van der Waals surface area contributed by atoms with Gasteiger partial charge >= 0.3 is 0 Å². The second-order valence-corrected chi connectivity index (χ2v) is 6.06. The molecule has 2 nitrogen and oxygen atoms in total. The van der Waals surface area contributed by atoms with Crippen molar-refractivity contribution in [3.8, 4) is 33.9 Å². The summed E-state index contributed by atoms with van der Waals surface area (Å²) in [5.74, 6) is -2.36. The van der Waals surface area contributed by atoms with Crippen LogP contribution in [0.25, 0.3) is 33.9 Å². The maximum absolute atomic E-state index is 14.1. The van der Waals surface area contributed by atoms with Crippen LogP contribution in [0, 0.1) is 23.3 Å². The molecule has 0 bridgehead atoms. The zero-order valence-corrected chi connectivity index (χ0v) is 14.3. The van der Waals surface area contributed by atoms with Crippen molar-refractivity contribution in [3.63, 3.8) is 0 Å². The molecular weight excluding hydrogens is 368 g/mol. The van der Waals surface area contributed by atoms with Crippen molar-refractivity contribution >= 4 is 0 Å². The third-order valence-corrected chi connectivity index (χ3v) is 4.17. The molecule has 0 aliphatic carbocycles. The van der Waals surface area contributed by atoms with Crippen molar-refractivity contribution in [2.45, 2.75) is 0 Å². The monoisotopic (exact) mass is 380 g/mol. The number of aromatic nitrogens is 2. The molecule has 0 amide bonds. The van der Waals surface area contributed by atoms with Crippen LogP contribution >= 0.6 is 0 Å². The summed E-state index contributed by atoms with van der Waals surface area (Å²) in [6, 6.07) is 15.9. The maximum Gasteiger partial charge on any atom is 0.132 e. The lowest BCUT2D eigenvalue weighted by atomic mass is 10.1. The fourth-order valence-electron chi connectivity index (χ4n) is 2.84. The van der Waals surface area contributed by atoms with Crippen LogP contribution in [-0.4, -0.2) is 9.97 Å². The largest absolute Gasteiger partial charge is 0.246 e. The molecule has 0 unspecified atom stereocenters. The maximum atomic E-state index is 14.1. The van der Waals surface area contributed by atoms with Crippen LogP contribution < -0.4 is 0 Å². The van der Waals surface area contributed by atoms with Gasteiger partial charge in [-0.1, -0.05) is 12.1 Å². The van der Waals surface area contributed by atoms with Crippen LogP contribution in [-0.2, 0) is 0 Å². The Morgan fingerprint density at radius 2 is 0.857 bits per heavy atom. The van der Waals surface area contributed by atoms with E-state index in [2.05, 4.69) is 9.97 Å². The van der Waals surface area contributed by atoms with E-state index in [1.165, 1.54) is 0 Å². The van der Waals surface area contributed by atoms with E-state index in [0.29, 0.717) is 11.4 Å².